The summed E-state index contributed by atoms with van der Waals surface area (Å²) in [6.45, 7) is 12.0. The van der Waals surface area contributed by atoms with Crippen LogP contribution in [-0.4, -0.2) is 69.9 Å². The van der Waals surface area contributed by atoms with Gasteiger partial charge < -0.3 is 14.4 Å². The Morgan fingerprint density at radius 1 is 0.593 bits per heavy atom. The van der Waals surface area contributed by atoms with Crippen LogP contribution in [0.25, 0.3) is 0 Å². The van der Waals surface area contributed by atoms with Crippen LogP contribution >= 0.6 is 0 Å². The Balaban J connectivity index is 1.14. The molecule has 9 nitrogen and oxygen atoms in total. The van der Waals surface area contributed by atoms with E-state index in [1.54, 1.807) is 9.80 Å². The van der Waals surface area contributed by atoms with Gasteiger partial charge in [-0.2, -0.15) is 0 Å². The number of carbonyl (C=O) groups is 4. The number of rotatable bonds is 9. The number of amides is 2. The van der Waals surface area contributed by atoms with Crippen molar-refractivity contribution in [3.05, 3.63) is 101 Å². The summed E-state index contributed by atoms with van der Waals surface area (Å²) in [7, 11) is 0. The fourth-order valence-corrected chi connectivity index (χ4v) is 8.07. The molecule has 3 saturated heterocycles. The van der Waals surface area contributed by atoms with E-state index < -0.39 is 35.5 Å². The predicted octanol–water partition coefficient (Wildman–Crippen LogP) is 8.93. The monoisotopic (exact) mass is 739 g/mol. The van der Waals surface area contributed by atoms with Crippen molar-refractivity contribution in [2.75, 3.05) is 18.0 Å². The molecule has 2 unspecified atom stereocenters. The molecule has 4 atom stereocenters. The predicted molar refractivity (Wildman–Crippen MR) is 206 cm³/mol. The molecule has 0 bridgehead atoms. The molecule has 0 spiro atoms. The highest BCUT2D eigenvalue weighted by molar-refractivity contribution is 5.90. The SMILES string of the molecule is CC(C)(C)OC(=O)N1CCC[C@H]1C(=O)Cc1ccc(C2CCC(c3ccc(CC(=O)[C@@H]4CCCN4C(=O)OC(C)(C)C)cc3)N2c2ccc(F)cc2)cc1. The summed E-state index contributed by atoms with van der Waals surface area (Å²) >= 11 is 0. The molecule has 288 valence electrons. The Morgan fingerprint density at radius 2 is 0.981 bits per heavy atom. The van der Waals surface area contributed by atoms with Crippen LogP contribution in [0.3, 0.4) is 0 Å². The maximum absolute atomic E-state index is 14.1. The second-order valence-electron chi connectivity index (χ2n) is 16.9. The first-order valence-electron chi connectivity index (χ1n) is 19.3. The Hall–Kier alpha value is -4.73. The number of anilines is 1. The van der Waals surface area contributed by atoms with Crippen LogP contribution in [0.4, 0.5) is 19.7 Å². The van der Waals surface area contributed by atoms with E-state index in [1.165, 1.54) is 12.1 Å². The second-order valence-corrected chi connectivity index (χ2v) is 16.9. The molecule has 3 aliphatic heterocycles. The second kappa shape index (κ2) is 15.9. The number of ketones is 2. The first kappa shape index (κ1) is 39.0. The third-order valence-corrected chi connectivity index (χ3v) is 10.5. The van der Waals surface area contributed by atoms with Crippen molar-refractivity contribution in [2.24, 2.45) is 0 Å². The van der Waals surface area contributed by atoms with Gasteiger partial charge in [0.05, 0.1) is 24.2 Å². The van der Waals surface area contributed by atoms with E-state index >= 15 is 0 Å². The normalized spacial score (nSPS) is 21.7. The number of hydrogen-bond donors (Lipinski definition) is 0. The summed E-state index contributed by atoms with van der Waals surface area (Å²) in [5, 5.41) is 0. The average Bonchev–Trinajstić information content (AvgIpc) is 3.88. The molecule has 0 radical (unpaired) electrons. The van der Waals surface area contributed by atoms with E-state index in [1.807, 2.05) is 77.9 Å². The number of benzene rings is 3. The molecule has 0 N–H and O–H groups in total. The molecular formula is C44H54FN3O6. The van der Waals surface area contributed by atoms with Crippen LogP contribution in [0.5, 0.6) is 0 Å². The van der Waals surface area contributed by atoms with Crippen molar-refractivity contribution < 1.29 is 33.0 Å². The largest absolute Gasteiger partial charge is 0.444 e. The highest BCUT2D eigenvalue weighted by Gasteiger charge is 2.39. The van der Waals surface area contributed by atoms with Gasteiger partial charge in [0, 0.05) is 31.6 Å². The Morgan fingerprint density at radius 3 is 1.35 bits per heavy atom. The van der Waals surface area contributed by atoms with Crippen LogP contribution in [0, 0.1) is 5.82 Å². The number of ether oxygens (including phenoxy) is 2. The molecular weight excluding hydrogens is 685 g/mol. The number of likely N-dealkylation sites (tertiary alicyclic amines) is 2. The molecule has 3 fully saturated rings. The first-order chi connectivity index (χ1) is 25.6. The summed E-state index contributed by atoms with van der Waals surface area (Å²) in [5.74, 6) is -0.281. The Labute approximate surface area is 318 Å². The lowest BCUT2D eigenvalue weighted by molar-refractivity contribution is -0.123. The van der Waals surface area contributed by atoms with E-state index in [0.717, 1.165) is 53.6 Å². The van der Waals surface area contributed by atoms with Gasteiger partial charge in [0.2, 0.25) is 0 Å². The number of Topliss-reactive ketones (excluding diaryl/α,β-unsaturated/α-hetero) is 2. The summed E-state index contributed by atoms with van der Waals surface area (Å²) < 4.78 is 25.2. The molecule has 3 aliphatic rings. The molecule has 0 aromatic heterocycles. The highest BCUT2D eigenvalue weighted by Crippen LogP contribution is 2.47. The zero-order valence-electron chi connectivity index (χ0n) is 32.5. The van der Waals surface area contributed by atoms with Crippen molar-refractivity contribution in [2.45, 2.75) is 128 Å². The molecule has 54 heavy (non-hydrogen) atoms. The van der Waals surface area contributed by atoms with E-state index in [2.05, 4.69) is 29.2 Å². The zero-order valence-corrected chi connectivity index (χ0v) is 32.5. The van der Waals surface area contributed by atoms with E-state index in [-0.39, 0.29) is 42.3 Å². The number of halogens is 1. The minimum atomic E-state index is -0.628. The molecule has 3 aromatic carbocycles. The third kappa shape index (κ3) is 9.31. The van der Waals surface area contributed by atoms with E-state index in [0.29, 0.717) is 25.9 Å². The smallest absolute Gasteiger partial charge is 0.410 e. The van der Waals surface area contributed by atoms with Gasteiger partial charge in [-0.1, -0.05) is 48.5 Å². The van der Waals surface area contributed by atoms with Gasteiger partial charge in [0.25, 0.3) is 0 Å². The standard InChI is InChI=1S/C44H54FN3O6/c1-43(2,3)53-41(51)46-25-7-9-37(46)39(49)27-29-11-15-31(16-12-29)35-23-24-36(48(35)34-21-19-33(45)20-22-34)32-17-13-30(14-18-32)28-40(50)38-10-8-26-47(38)42(52)54-44(4,5)6/h11-22,35-38H,7-10,23-28H2,1-6H3/t35?,36?,37-,38-/m0/s1. The van der Waals surface area contributed by atoms with Crippen LogP contribution in [0.2, 0.25) is 0 Å². The van der Waals surface area contributed by atoms with Gasteiger partial charge in [-0.25, -0.2) is 14.0 Å². The van der Waals surface area contributed by atoms with E-state index in [4.69, 9.17) is 9.47 Å². The van der Waals surface area contributed by atoms with Crippen molar-refractivity contribution in [1.29, 1.82) is 0 Å². The number of hydrogen-bond acceptors (Lipinski definition) is 7. The lowest BCUT2D eigenvalue weighted by atomic mass is 9.98. The molecule has 3 heterocycles. The minimum Gasteiger partial charge on any atom is -0.444 e. The molecule has 0 saturated carbocycles. The molecule has 3 aromatic rings. The Bertz CT molecular complexity index is 1700. The highest BCUT2D eigenvalue weighted by atomic mass is 19.1. The number of nitrogens with zero attached hydrogens (tertiary/aromatic N) is 3. The summed E-state index contributed by atoms with van der Waals surface area (Å²) in [6, 6.07) is 22.0. The van der Waals surface area contributed by atoms with Crippen LogP contribution in [-0.2, 0) is 31.9 Å². The van der Waals surface area contributed by atoms with Crippen LogP contribution in [0.1, 0.15) is 114 Å². The third-order valence-electron chi connectivity index (χ3n) is 10.5. The van der Waals surface area contributed by atoms with Gasteiger partial charge in [-0.3, -0.25) is 19.4 Å². The maximum atomic E-state index is 14.1. The van der Waals surface area contributed by atoms with Gasteiger partial charge in [-0.15, -0.1) is 0 Å². The zero-order chi connectivity index (χ0) is 38.8. The topological polar surface area (TPSA) is 96.5 Å². The fraction of sp³-hybridized carbons (Fsp3) is 0.500. The molecule has 10 heteroatoms. The maximum Gasteiger partial charge on any atom is 0.410 e. The number of carbonyl (C=O) groups excluding carboxylic acids is 4. The first-order valence-corrected chi connectivity index (χ1v) is 19.3. The molecule has 6 rings (SSSR count). The lowest BCUT2D eigenvalue weighted by Crippen LogP contribution is -2.43. The van der Waals surface area contributed by atoms with E-state index in [9.17, 15) is 23.6 Å². The lowest BCUT2D eigenvalue weighted by Gasteiger charge is -2.33. The fourth-order valence-electron chi connectivity index (χ4n) is 8.07. The molecule has 0 aliphatic carbocycles. The van der Waals surface area contributed by atoms with Gasteiger partial charge in [-0.05, 0) is 127 Å². The summed E-state index contributed by atoms with van der Waals surface area (Å²) in [6.07, 6.45) is 4.13. The van der Waals surface area contributed by atoms with Gasteiger partial charge >= 0.3 is 12.2 Å². The van der Waals surface area contributed by atoms with Crippen LogP contribution < -0.4 is 4.90 Å². The quantitative estimate of drug-likeness (QED) is 0.216. The Kier molecular flexibility index (Phi) is 11.5. The van der Waals surface area contributed by atoms with Crippen molar-refractivity contribution in [3.8, 4) is 0 Å². The van der Waals surface area contributed by atoms with Crippen molar-refractivity contribution in [3.63, 3.8) is 0 Å². The van der Waals surface area contributed by atoms with Gasteiger partial charge in [0.15, 0.2) is 11.6 Å². The summed E-state index contributed by atoms with van der Waals surface area (Å²) in [5.41, 5.74) is 3.63. The van der Waals surface area contributed by atoms with Crippen molar-refractivity contribution in [1.82, 2.24) is 9.80 Å². The van der Waals surface area contributed by atoms with Gasteiger partial charge in [0.1, 0.15) is 17.0 Å². The minimum absolute atomic E-state index is 0.00809. The summed E-state index contributed by atoms with van der Waals surface area (Å²) in [4.78, 5) is 57.9. The van der Waals surface area contributed by atoms with Crippen LogP contribution in [0.15, 0.2) is 72.8 Å². The molecule has 2 amide bonds. The average molecular weight is 740 g/mol. The van der Waals surface area contributed by atoms with Crippen molar-refractivity contribution >= 4 is 29.4 Å².